The first-order valence-corrected chi connectivity index (χ1v) is 11.9. The molecule has 9 nitrogen and oxygen atoms in total. The number of halogens is 1. The normalized spacial score (nSPS) is 21.9. The minimum Gasteiger partial charge on any atom is -0.492 e. The minimum absolute atomic E-state index is 0.326. The molecule has 0 spiro atoms. The van der Waals surface area contributed by atoms with Crippen LogP contribution >= 0.6 is 11.6 Å². The second-order valence-electron chi connectivity index (χ2n) is 9.02. The first-order valence-electron chi connectivity index (χ1n) is 11.5. The first-order chi connectivity index (χ1) is 16.0. The molecule has 33 heavy (non-hydrogen) atoms. The summed E-state index contributed by atoms with van der Waals surface area (Å²) in [5, 5.41) is 20.1. The summed E-state index contributed by atoms with van der Waals surface area (Å²) >= 11 is 6.38. The zero-order valence-electron chi connectivity index (χ0n) is 18.6. The molecule has 1 amide bonds. The van der Waals surface area contributed by atoms with Crippen LogP contribution < -0.4 is 9.74 Å². The van der Waals surface area contributed by atoms with Crippen LogP contribution in [0.25, 0.3) is 0 Å². The molecule has 1 atom stereocenters. The average Bonchev–Trinajstić information content (AvgIpc) is 3.42. The van der Waals surface area contributed by atoms with Gasteiger partial charge in [0.15, 0.2) is 0 Å². The molecule has 3 aliphatic rings. The standard InChI is InChI=1S/C23H30ClN5O4/c24-18-4-3-17(20(14-18)28-13-12-26-7-1-2-19(26)16-28)15-25-8-10-27(11-9-25)23(32)33-29-21(30)5-6-22(29)31/h3-6,14,19,30-31H,1-2,7-13,15-16H2/t19-/m1/s1. The van der Waals surface area contributed by atoms with Crippen molar-refractivity contribution in [3.8, 4) is 11.8 Å². The van der Waals surface area contributed by atoms with Gasteiger partial charge in [-0.3, -0.25) is 9.80 Å². The van der Waals surface area contributed by atoms with Gasteiger partial charge in [-0.2, -0.15) is 0 Å². The quantitative estimate of drug-likeness (QED) is 0.701. The van der Waals surface area contributed by atoms with E-state index in [9.17, 15) is 15.0 Å². The maximum Gasteiger partial charge on any atom is 0.434 e. The number of benzene rings is 1. The molecular formula is C23H30ClN5O4. The molecule has 0 aliphatic carbocycles. The van der Waals surface area contributed by atoms with Crippen LogP contribution in [0.5, 0.6) is 11.8 Å². The van der Waals surface area contributed by atoms with Crippen molar-refractivity contribution < 1.29 is 19.8 Å². The second-order valence-corrected chi connectivity index (χ2v) is 9.45. The van der Waals surface area contributed by atoms with Crippen molar-refractivity contribution in [1.82, 2.24) is 19.4 Å². The van der Waals surface area contributed by atoms with E-state index in [0.717, 1.165) is 35.9 Å². The molecule has 10 heteroatoms. The number of nitrogens with zero attached hydrogens (tertiary/aromatic N) is 5. The number of carbonyl (C=O) groups is 1. The molecular weight excluding hydrogens is 446 g/mol. The Kier molecular flexibility index (Phi) is 6.27. The van der Waals surface area contributed by atoms with Crippen LogP contribution in [-0.2, 0) is 6.54 Å². The minimum atomic E-state index is -0.599. The van der Waals surface area contributed by atoms with Gasteiger partial charge in [0.2, 0.25) is 11.8 Å². The molecule has 178 valence electrons. The third-order valence-electron chi connectivity index (χ3n) is 6.97. The van der Waals surface area contributed by atoms with E-state index in [1.807, 2.05) is 6.07 Å². The monoisotopic (exact) mass is 475 g/mol. The van der Waals surface area contributed by atoms with Gasteiger partial charge in [-0.25, -0.2) is 4.79 Å². The van der Waals surface area contributed by atoms with Gasteiger partial charge in [0, 0.05) is 81.2 Å². The van der Waals surface area contributed by atoms with Gasteiger partial charge >= 0.3 is 6.09 Å². The molecule has 3 aliphatic heterocycles. The van der Waals surface area contributed by atoms with Crippen molar-refractivity contribution >= 4 is 23.4 Å². The van der Waals surface area contributed by atoms with Crippen molar-refractivity contribution in [2.45, 2.75) is 25.4 Å². The smallest absolute Gasteiger partial charge is 0.434 e. The predicted molar refractivity (Wildman–Crippen MR) is 125 cm³/mol. The third kappa shape index (κ3) is 4.71. The number of amides is 1. The van der Waals surface area contributed by atoms with Crippen LogP contribution in [0, 0.1) is 0 Å². The number of aromatic hydroxyl groups is 2. The lowest BCUT2D eigenvalue weighted by Crippen LogP contribution is -2.51. The Balaban J connectivity index is 1.20. The first kappa shape index (κ1) is 22.2. The van der Waals surface area contributed by atoms with E-state index >= 15 is 0 Å². The van der Waals surface area contributed by atoms with E-state index in [1.165, 1.54) is 42.8 Å². The molecule has 3 fully saturated rings. The van der Waals surface area contributed by atoms with E-state index < -0.39 is 6.09 Å². The van der Waals surface area contributed by atoms with Crippen molar-refractivity contribution in [1.29, 1.82) is 0 Å². The van der Waals surface area contributed by atoms with Gasteiger partial charge in [-0.15, -0.1) is 4.73 Å². The Bertz CT molecular complexity index is 987. The number of fused-ring (bicyclic) bond motifs is 1. The van der Waals surface area contributed by atoms with E-state index in [0.29, 0.717) is 32.2 Å². The van der Waals surface area contributed by atoms with Crippen molar-refractivity contribution in [3.05, 3.63) is 40.9 Å². The molecule has 0 saturated carbocycles. The highest BCUT2D eigenvalue weighted by molar-refractivity contribution is 6.30. The lowest BCUT2D eigenvalue weighted by Gasteiger charge is -2.40. The largest absolute Gasteiger partial charge is 0.492 e. The van der Waals surface area contributed by atoms with Crippen LogP contribution in [0.3, 0.4) is 0 Å². The van der Waals surface area contributed by atoms with Gasteiger partial charge in [0.1, 0.15) is 0 Å². The van der Waals surface area contributed by atoms with Gasteiger partial charge in [-0.05, 0) is 37.1 Å². The summed E-state index contributed by atoms with van der Waals surface area (Å²) in [6.45, 7) is 7.60. The molecule has 4 heterocycles. The Hall–Kier alpha value is -2.62. The van der Waals surface area contributed by atoms with Crippen molar-refractivity contribution in [2.75, 3.05) is 57.3 Å². The summed E-state index contributed by atoms with van der Waals surface area (Å²) in [5.41, 5.74) is 2.47. The number of piperazine rings is 2. The average molecular weight is 476 g/mol. The molecule has 0 bridgehead atoms. The lowest BCUT2D eigenvalue weighted by molar-refractivity contribution is 0.0555. The topological polar surface area (TPSA) is 84.6 Å². The third-order valence-corrected chi connectivity index (χ3v) is 7.20. The van der Waals surface area contributed by atoms with Gasteiger partial charge < -0.3 is 24.9 Å². The van der Waals surface area contributed by atoms with Crippen LogP contribution in [-0.4, -0.2) is 94.1 Å². The maximum absolute atomic E-state index is 12.4. The van der Waals surface area contributed by atoms with Crippen LogP contribution in [0.1, 0.15) is 18.4 Å². The predicted octanol–water partition coefficient (Wildman–Crippen LogP) is 2.20. The van der Waals surface area contributed by atoms with Gasteiger partial charge in [0.05, 0.1) is 0 Å². The number of anilines is 1. The highest BCUT2D eigenvalue weighted by Gasteiger charge is 2.32. The number of hydrogen-bond donors (Lipinski definition) is 2. The molecule has 2 aromatic rings. The van der Waals surface area contributed by atoms with Crippen molar-refractivity contribution in [3.63, 3.8) is 0 Å². The molecule has 1 aromatic carbocycles. The summed E-state index contributed by atoms with van der Waals surface area (Å²) in [4.78, 5) is 26.5. The number of aromatic nitrogens is 1. The van der Waals surface area contributed by atoms with Gasteiger partial charge in [0.25, 0.3) is 0 Å². The summed E-state index contributed by atoms with van der Waals surface area (Å²) < 4.78 is 0.721. The highest BCUT2D eigenvalue weighted by atomic mass is 35.5. The summed E-state index contributed by atoms with van der Waals surface area (Å²) in [7, 11) is 0. The number of carbonyl (C=O) groups excluding carboxylic acids is 1. The van der Waals surface area contributed by atoms with E-state index in [-0.39, 0.29) is 11.8 Å². The summed E-state index contributed by atoms with van der Waals surface area (Å²) in [6.07, 6.45) is 1.96. The van der Waals surface area contributed by atoms with Crippen LogP contribution in [0.4, 0.5) is 10.5 Å². The van der Waals surface area contributed by atoms with Gasteiger partial charge in [-0.1, -0.05) is 17.7 Å². The molecule has 0 unspecified atom stereocenters. The Labute approximate surface area is 198 Å². The molecule has 0 radical (unpaired) electrons. The molecule has 5 rings (SSSR count). The Morgan fingerprint density at radius 2 is 1.76 bits per heavy atom. The Morgan fingerprint density at radius 1 is 1.00 bits per heavy atom. The lowest BCUT2D eigenvalue weighted by atomic mass is 10.1. The number of rotatable bonds is 4. The fourth-order valence-corrected chi connectivity index (χ4v) is 5.30. The van der Waals surface area contributed by atoms with Crippen LogP contribution in [0.2, 0.25) is 5.02 Å². The van der Waals surface area contributed by atoms with E-state index in [4.69, 9.17) is 16.4 Å². The number of hydrogen-bond acceptors (Lipinski definition) is 7. The summed E-state index contributed by atoms with van der Waals surface area (Å²) in [6, 6.07) is 9.32. The second kappa shape index (κ2) is 9.32. The highest BCUT2D eigenvalue weighted by Crippen LogP contribution is 2.31. The zero-order chi connectivity index (χ0) is 22.9. The Morgan fingerprint density at radius 3 is 2.52 bits per heavy atom. The fourth-order valence-electron chi connectivity index (χ4n) is 5.14. The zero-order valence-corrected chi connectivity index (χ0v) is 19.3. The SMILES string of the molecule is O=C(On1c(O)ccc1O)N1CCN(Cc2ccc(Cl)cc2N2CCN3CCC[C@@H]3C2)CC1. The molecule has 2 N–H and O–H groups in total. The van der Waals surface area contributed by atoms with E-state index in [2.05, 4.69) is 26.8 Å². The molecule has 3 saturated heterocycles. The van der Waals surface area contributed by atoms with Crippen LogP contribution in [0.15, 0.2) is 30.3 Å². The molecule has 1 aromatic heterocycles. The van der Waals surface area contributed by atoms with Crippen molar-refractivity contribution in [2.24, 2.45) is 0 Å². The van der Waals surface area contributed by atoms with E-state index in [1.54, 1.807) is 4.90 Å². The summed E-state index contributed by atoms with van der Waals surface area (Å²) in [5.74, 6) is -0.651. The fraction of sp³-hybridized carbons (Fsp3) is 0.522. The maximum atomic E-state index is 12.4.